The monoisotopic (exact) mass is 433 g/mol. The number of rotatable bonds is 8. The van der Waals surface area contributed by atoms with Gasteiger partial charge in [-0.3, -0.25) is 9.59 Å². The molecule has 2 aliphatic rings. The molecule has 0 aromatic carbocycles. The van der Waals surface area contributed by atoms with Crippen molar-refractivity contribution in [3.05, 3.63) is 22.5 Å². The number of H-pyrrole nitrogens is 1. The van der Waals surface area contributed by atoms with Gasteiger partial charge in [0.1, 0.15) is 5.69 Å². The van der Waals surface area contributed by atoms with Gasteiger partial charge in [0, 0.05) is 44.3 Å². The van der Waals surface area contributed by atoms with E-state index in [0.717, 1.165) is 36.3 Å². The van der Waals surface area contributed by atoms with Crippen LogP contribution in [0.3, 0.4) is 0 Å². The normalized spacial score (nSPS) is 19.5. The fourth-order valence-corrected chi connectivity index (χ4v) is 4.52. The van der Waals surface area contributed by atoms with Crippen LogP contribution in [-0.4, -0.2) is 66.6 Å². The topological polar surface area (TPSA) is 101 Å². The van der Waals surface area contributed by atoms with Crippen molar-refractivity contribution in [2.24, 2.45) is 5.92 Å². The van der Waals surface area contributed by atoms with Gasteiger partial charge in [-0.15, -0.1) is 0 Å². The van der Waals surface area contributed by atoms with Gasteiger partial charge < -0.3 is 24.7 Å². The molecule has 1 unspecified atom stereocenters. The second-order valence-corrected chi connectivity index (χ2v) is 8.48. The summed E-state index contributed by atoms with van der Waals surface area (Å²) in [5, 5.41) is 3.01. The number of esters is 1. The number of nitrogens with zero attached hydrogens (tertiary/aromatic N) is 1. The van der Waals surface area contributed by atoms with Crippen LogP contribution in [0.1, 0.15) is 66.3 Å². The van der Waals surface area contributed by atoms with Crippen LogP contribution in [0.25, 0.3) is 0 Å². The molecule has 0 bridgehead atoms. The molecule has 2 saturated heterocycles. The molecule has 1 atom stereocenters. The van der Waals surface area contributed by atoms with E-state index in [1.807, 2.05) is 18.7 Å². The number of carbonyl (C=O) groups excluding carboxylic acids is 3. The van der Waals surface area contributed by atoms with Crippen molar-refractivity contribution in [2.45, 2.75) is 65.4 Å². The quantitative estimate of drug-likeness (QED) is 0.613. The molecular weight excluding hydrogens is 398 g/mol. The SMILES string of the molecule is CCOC(=O)c1[nH]c(C)c(CCC(=O)N2CCC(C(=O)NCC3CCCO3)CC2)c1C. The third kappa shape index (κ3) is 5.87. The first-order valence-electron chi connectivity index (χ1n) is 11.4. The fourth-order valence-electron chi connectivity index (χ4n) is 4.52. The Morgan fingerprint density at radius 1 is 1.19 bits per heavy atom. The number of aromatic nitrogens is 1. The molecule has 3 heterocycles. The molecule has 2 amide bonds. The van der Waals surface area contributed by atoms with Crippen LogP contribution in [-0.2, 0) is 25.5 Å². The summed E-state index contributed by atoms with van der Waals surface area (Å²) in [4.78, 5) is 42.1. The molecule has 8 nitrogen and oxygen atoms in total. The Balaban J connectivity index is 1.44. The van der Waals surface area contributed by atoms with E-state index in [9.17, 15) is 14.4 Å². The van der Waals surface area contributed by atoms with Gasteiger partial charge in [-0.1, -0.05) is 0 Å². The maximum atomic E-state index is 12.7. The minimum absolute atomic E-state index is 0.0354. The average Bonchev–Trinajstić information content (AvgIpc) is 3.38. The van der Waals surface area contributed by atoms with Crippen LogP contribution in [0.5, 0.6) is 0 Å². The van der Waals surface area contributed by atoms with Gasteiger partial charge in [0.15, 0.2) is 0 Å². The molecule has 1 aromatic rings. The number of amides is 2. The van der Waals surface area contributed by atoms with E-state index in [-0.39, 0.29) is 29.8 Å². The number of hydrogen-bond donors (Lipinski definition) is 2. The molecule has 2 aliphatic heterocycles. The molecule has 2 fully saturated rings. The number of hydrogen-bond acceptors (Lipinski definition) is 5. The lowest BCUT2D eigenvalue weighted by Crippen LogP contribution is -2.44. The summed E-state index contributed by atoms with van der Waals surface area (Å²) >= 11 is 0. The highest BCUT2D eigenvalue weighted by Gasteiger charge is 2.28. The number of ether oxygens (including phenoxy) is 2. The number of likely N-dealkylation sites (tertiary alicyclic amines) is 1. The number of carbonyl (C=O) groups is 3. The molecule has 2 N–H and O–H groups in total. The van der Waals surface area contributed by atoms with Crippen molar-refractivity contribution in [3.8, 4) is 0 Å². The second-order valence-electron chi connectivity index (χ2n) is 8.48. The summed E-state index contributed by atoms with van der Waals surface area (Å²) in [6, 6.07) is 0. The van der Waals surface area contributed by atoms with Crippen molar-refractivity contribution in [2.75, 3.05) is 32.8 Å². The minimum Gasteiger partial charge on any atom is -0.461 e. The van der Waals surface area contributed by atoms with Crippen molar-refractivity contribution >= 4 is 17.8 Å². The number of aromatic amines is 1. The summed E-state index contributed by atoms with van der Waals surface area (Å²) < 4.78 is 10.6. The zero-order chi connectivity index (χ0) is 22.4. The van der Waals surface area contributed by atoms with Crippen molar-refractivity contribution in [1.29, 1.82) is 0 Å². The Kier molecular flexibility index (Phi) is 8.12. The average molecular weight is 434 g/mol. The van der Waals surface area contributed by atoms with Gasteiger partial charge in [0.05, 0.1) is 12.7 Å². The Bertz CT molecular complexity index is 789. The van der Waals surface area contributed by atoms with Crippen molar-refractivity contribution in [1.82, 2.24) is 15.2 Å². The predicted octanol–water partition coefficient (Wildman–Crippen LogP) is 2.27. The van der Waals surface area contributed by atoms with E-state index in [0.29, 0.717) is 57.6 Å². The van der Waals surface area contributed by atoms with Crippen LogP contribution in [0.4, 0.5) is 0 Å². The Morgan fingerprint density at radius 2 is 1.94 bits per heavy atom. The standard InChI is InChI=1S/C23H35N3O5/c1-4-30-23(29)21-15(2)19(16(3)25-21)7-8-20(27)26-11-9-17(10-12-26)22(28)24-14-18-6-5-13-31-18/h17-18,25H,4-14H2,1-3H3,(H,24,28). The van der Waals surface area contributed by atoms with Crippen LogP contribution >= 0.6 is 0 Å². The van der Waals surface area contributed by atoms with E-state index >= 15 is 0 Å². The maximum absolute atomic E-state index is 12.7. The summed E-state index contributed by atoms with van der Waals surface area (Å²) in [5.74, 6) is -0.226. The molecule has 3 rings (SSSR count). The van der Waals surface area contributed by atoms with Gasteiger partial charge in [0.25, 0.3) is 0 Å². The Hall–Kier alpha value is -2.35. The molecule has 0 saturated carbocycles. The fraction of sp³-hybridized carbons (Fsp3) is 0.696. The zero-order valence-electron chi connectivity index (χ0n) is 18.9. The van der Waals surface area contributed by atoms with Gasteiger partial charge >= 0.3 is 5.97 Å². The molecule has 0 aliphatic carbocycles. The largest absolute Gasteiger partial charge is 0.461 e. The molecule has 0 spiro atoms. The highest BCUT2D eigenvalue weighted by atomic mass is 16.5. The van der Waals surface area contributed by atoms with Gasteiger partial charge in [0.2, 0.25) is 11.8 Å². The Morgan fingerprint density at radius 3 is 2.58 bits per heavy atom. The maximum Gasteiger partial charge on any atom is 0.355 e. The summed E-state index contributed by atoms with van der Waals surface area (Å²) in [6.07, 6.45) is 4.57. The third-order valence-electron chi connectivity index (χ3n) is 6.41. The number of nitrogens with one attached hydrogen (secondary N) is 2. The molecule has 8 heteroatoms. The van der Waals surface area contributed by atoms with Gasteiger partial charge in [-0.25, -0.2) is 4.79 Å². The van der Waals surface area contributed by atoms with E-state index in [4.69, 9.17) is 9.47 Å². The smallest absolute Gasteiger partial charge is 0.355 e. The summed E-state index contributed by atoms with van der Waals surface area (Å²) in [5.41, 5.74) is 3.22. The van der Waals surface area contributed by atoms with E-state index < -0.39 is 0 Å². The van der Waals surface area contributed by atoms with Crippen molar-refractivity contribution < 1.29 is 23.9 Å². The van der Waals surface area contributed by atoms with Gasteiger partial charge in [-0.05, 0) is 64.0 Å². The molecule has 31 heavy (non-hydrogen) atoms. The first-order chi connectivity index (χ1) is 14.9. The van der Waals surface area contributed by atoms with E-state index in [2.05, 4.69) is 10.3 Å². The van der Waals surface area contributed by atoms with Crippen molar-refractivity contribution in [3.63, 3.8) is 0 Å². The van der Waals surface area contributed by atoms with E-state index in [1.165, 1.54) is 0 Å². The number of piperidine rings is 1. The van der Waals surface area contributed by atoms with Gasteiger partial charge in [-0.2, -0.15) is 0 Å². The molecular formula is C23H35N3O5. The lowest BCUT2D eigenvalue weighted by Gasteiger charge is -2.31. The molecule has 0 radical (unpaired) electrons. The third-order valence-corrected chi connectivity index (χ3v) is 6.41. The second kappa shape index (κ2) is 10.8. The highest BCUT2D eigenvalue weighted by molar-refractivity contribution is 5.90. The lowest BCUT2D eigenvalue weighted by molar-refractivity contribution is -0.135. The van der Waals surface area contributed by atoms with Crippen LogP contribution in [0.15, 0.2) is 0 Å². The molecule has 1 aromatic heterocycles. The zero-order valence-corrected chi connectivity index (χ0v) is 18.9. The predicted molar refractivity (Wildman–Crippen MR) is 116 cm³/mol. The van der Waals surface area contributed by atoms with Crippen LogP contribution in [0.2, 0.25) is 0 Å². The summed E-state index contributed by atoms with van der Waals surface area (Å²) in [6.45, 7) is 8.48. The van der Waals surface area contributed by atoms with Crippen LogP contribution < -0.4 is 5.32 Å². The summed E-state index contributed by atoms with van der Waals surface area (Å²) in [7, 11) is 0. The highest BCUT2D eigenvalue weighted by Crippen LogP contribution is 2.22. The van der Waals surface area contributed by atoms with Crippen LogP contribution in [0, 0.1) is 19.8 Å². The minimum atomic E-state index is -0.361. The lowest BCUT2D eigenvalue weighted by atomic mass is 9.95. The Labute approximate surface area is 184 Å². The van der Waals surface area contributed by atoms with E-state index in [1.54, 1.807) is 6.92 Å². The first kappa shape index (κ1) is 23.3. The number of aryl methyl sites for hydroxylation is 1. The first-order valence-corrected chi connectivity index (χ1v) is 11.4. The molecule has 172 valence electrons.